The van der Waals surface area contributed by atoms with Crippen LogP contribution < -0.4 is 10.6 Å². The van der Waals surface area contributed by atoms with Gasteiger partial charge in [0.25, 0.3) is 5.91 Å². The summed E-state index contributed by atoms with van der Waals surface area (Å²) in [4.78, 5) is 24.0. The Morgan fingerprint density at radius 2 is 1.92 bits per heavy atom. The van der Waals surface area contributed by atoms with Crippen molar-refractivity contribution in [1.29, 1.82) is 0 Å². The van der Waals surface area contributed by atoms with Crippen LogP contribution >= 0.6 is 0 Å². The maximum atomic E-state index is 12.1. The Morgan fingerprint density at radius 3 is 2.62 bits per heavy atom. The molecule has 2 amide bonds. The van der Waals surface area contributed by atoms with Crippen LogP contribution in [0.1, 0.15) is 23.0 Å². The van der Waals surface area contributed by atoms with Crippen molar-refractivity contribution in [3.8, 4) is 0 Å². The smallest absolute Gasteiger partial charge is 0.272 e. The molecule has 0 saturated heterocycles. The molecular weight excluding hydrogens is 304 g/mol. The van der Waals surface area contributed by atoms with Crippen LogP contribution in [0.15, 0.2) is 54.7 Å². The number of pyridine rings is 1. The number of carbonyl (C=O) groups excluding carboxylic acids is 2. The normalized spacial score (nSPS) is 10.5. The number of carbonyl (C=O) groups is 2. The molecular formula is C18H18N4O2. The van der Waals surface area contributed by atoms with Gasteiger partial charge in [-0.05, 0) is 42.3 Å². The molecule has 1 aromatic carbocycles. The number of aryl methyl sites for hydroxylation is 1. The second-order valence-electron chi connectivity index (χ2n) is 5.38. The van der Waals surface area contributed by atoms with Crippen LogP contribution in [0.2, 0.25) is 0 Å². The Balaban J connectivity index is 1.55. The lowest BCUT2D eigenvalue weighted by Gasteiger charge is -2.06. The first-order chi connectivity index (χ1) is 11.7. The molecule has 0 bridgehead atoms. The summed E-state index contributed by atoms with van der Waals surface area (Å²) in [5, 5.41) is 9.49. The van der Waals surface area contributed by atoms with Crippen molar-refractivity contribution in [2.45, 2.75) is 13.3 Å². The molecule has 0 aliphatic rings. The van der Waals surface area contributed by atoms with Crippen molar-refractivity contribution in [3.05, 3.63) is 66.0 Å². The third-order valence-corrected chi connectivity index (χ3v) is 3.66. The summed E-state index contributed by atoms with van der Waals surface area (Å²) < 4.78 is 1.62. The molecule has 0 saturated carbocycles. The van der Waals surface area contributed by atoms with Crippen molar-refractivity contribution in [2.24, 2.45) is 0 Å². The van der Waals surface area contributed by atoms with E-state index in [1.54, 1.807) is 16.8 Å². The van der Waals surface area contributed by atoms with Gasteiger partial charge in [-0.3, -0.25) is 9.59 Å². The Morgan fingerprint density at radius 1 is 1.12 bits per heavy atom. The molecule has 0 fully saturated rings. The zero-order valence-corrected chi connectivity index (χ0v) is 13.3. The molecule has 2 aromatic heterocycles. The van der Waals surface area contributed by atoms with Gasteiger partial charge in [-0.1, -0.05) is 25.1 Å². The Labute approximate surface area is 139 Å². The highest BCUT2D eigenvalue weighted by Crippen LogP contribution is 2.09. The summed E-state index contributed by atoms with van der Waals surface area (Å²) in [6, 6.07) is 14.9. The minimum atomic E-state index is -0.379. The largest absolute Gasteiger partial charge is 0.342 e. The number of hydrogen-bond donors (Lipinski definition) is 2. The quantitative estimate of drug-likeness (QED) is 0.756. The van der Waals surface area contributed by atoms with E-state index in [0.717, 1.165) is 11.9 Å². The van der Waals surface area contributed by atoms with Crippen molar-refractivity contribution in [1.82, 2.24) is 14.9 Å². The maximum Gasteiger partial charge on any atom is 0.272 e. The van der Waals surface area contributed by atoms with Crippen LogP contribution in [0.5, 0.6) is 0 Å². The highest BCUT2D eigenvalue weighted by molar-refractivity contribution is 5.98. The number of amides is 2. The number of nitrogens with one attached hydrogen (secondary N) is 2. The third kappa shape index (κ3) is 3.60. The van der Waals surface area contributed by atoms with E-state index in [1.165, 1.54) is 5.56 Å². The van der Waals surface area contributed by atoms with Gasteiger partial charge < -0.3 is 10.6 Å². The monoisotopic (exact) mass is 322 g/mol. The molecule has 0 aliphatic carbocycles. The number of nitrogens with zero attached hydrogens (tertiary/aromatic N) is 2. The SMILES string of the molecule is CCc1ccc(NC(=O)CNC(=O)c2cc3ccccn3n2)cc1. The van der Waals surface area contributed by atoms with E-state index in [0.29, 0.717) is 5.69 Å². The summed E-state index contributed by atoms with van der Waals surface area (Å²) >= 11 is 0. The van der Waals surface area contributed by atoms with E-state index in [-0.39, 0.29) is 24.1 Å². The van der Waals surface area contributed by atoms with Crippen LogP contribution in [0.25, 0.3) is 5.52 Å². The van der Waals surface area contributed by atoms with Crippen molar-refractivity contribution < 1.29 is 9.59 Å². The molecule has 6 heteroatoms. The lowest BCUT2D eigenvalue weighted by Crippen LogP contribution is -2.33. The van der Waals surface area contributed by atoms with E-state index in [9.17, 15) is 9.59 Å². The van der Waals surface area contributed by atoms with Gasteiger partial charge in [0.05, 0.1) is 12.1 Å². The second kappa shape index (κ2) is 6.95. The van der Waals surface area contributed by atoms with E-state index >= 15 is 0 Å². The van der Waals surface area contributed by atoms with Crippen LogP contribution in [0, 0.1) is 0 Å². The van der Waals surface area contributed by atoms with Gasteiger partial charge in [0, 0.05) is 11.9 Å². The van der Waals surface area contributed by atoms with Gasteiger partial charge >= 0.3 is 0 Å². The molecule has 24 heavy (non-hydrogen) atoms. The van der Waals surface area contributed by atoms with Crippen molar-refractivity contribution >= 4 is 23.0 Å². The summed E-state index contributed by atoms with van der Waals surface area (Å²) in [6.45, 7) is 1.96. The van der Waals surface area contributed by atoms with E-state index in [4.69, 9.17) is 0 Å². The number of benzene rings is 1. The van der Waals surface area contributed by atoms with Crippen molar-refractivity contribution in [2.75, 3.05) is 11.9 Å². The van der Waals surface area contributed by atoms with Gasteiger partial charge in [-0.25, -0.2) is 4.52 Å². The summed E-state index contributed by atoms with van der Waals surface area (Å²) in [5.41, 5.74) is 3.01. The number of aromatic nitrogens is 2. The third-order valence-electron chi connectivity index (χ3n) is 3.66. The Hall–Kier alpha value is -3.15. The predicted octanol–water partition coefficient (Wildman–Crippen LogP) is 2.27. The highest BCUT2D eigenvalue weighted by atomic mass is 16.2. The van der Waals surface area contributed by atoms with Crippen LogP contribution in [0.3, 0.4) is 0 Å². The molecule has 2 N–H and O–H groups in total. The zero-order valence-electron chi connectivity index (χ0n) is 13.3. The van der Waals surface area contributed by atoms with Crippen LogP contribution in [0.4, 0.5) is 5.69 Å². The molecule has 0 atom stereocenters. The van der Waals surface area contributed by atoms with Crippen molar-refractivity contribution in [3.63, 3.8) is 0 Å². The van der Waals surface area contributed by atoms with Gasteiger partial charge in [0.2, 0.25) is 5.91 Å². The number of rotatable bonds is 5. The van der Waals surface area contributed by atoms with Crippen LogP contribution in [-0.2, 0) is 11.2 Å². The second-order valence-corrected chi connectivity index (χ2v) is 5.38. The van der Waals surface area contributed by atoms with E-state index < -0.39 is 0 Å². The molecule has 3 aromatic rings. The summed E-state index contributed by atoms with van der Waals surface area (Å²) in [5.74, 6) is -0.661. The summed E-state index contributed by atoms with van der Waals surface area (Å²) in [6.07, 6.45) is 2.71. The lowest BCUT2D eigenvalue weighted by molar-refractivity contribution is -0.115. The number of fused-ring (bicyclic) bond motifs is 1. The molecule has 3 rings (SSSR count). The molecule has 6 nitrogen and oxygen atoms in total. The maximum absolute atomic E-state index is 12.1. The minimum Gasteiger partial charge on any atom is -0.342 e. The molecule has 0 spiro atoms. The fourth-order valence-electron chi connectivity index (χ4n) is 2.33. The molecule has 0 unspecified atom stereocenters. The number of anilines is 1. The minimum absolute atomic E-state index is 0.109. The van der Waals surface area contributed by atoms with Crippen LogP contribution in [-0.4, -0.2) is 28.0 Å². The van der Waals surface area contributed by atoms with Gasteiger partial charge in [0.1, 0.15) is 0 Å². The van der Waals surface area contributed by atoms with E-state index in [2.05, 4.69) is 22.7 Å². The summed E-state index contributed by atoms with van der Waals surface area (Å²) in [7, 11) is 0. The standard InChI is InChI=1S/C18H18N4O2/c1-2-13-6-8-14(9-7-13)20-17(23)12-19-18(24)16-11-15-5-3-4-10-22(15)21-16/h3-11H,2,12H2,1H3,(H,19,24)(H,20,23). The first-order valence-corrected chi connectivity index (χ1v) is 7.77. The molecule has 122 valence electrons. The average Bonchev–Trinajstić information content (AvgIpc) is 3.04. The van der Waals surface area contributed by atoms with Gasteiger partial charge in [0.15, 0.2) is 5.69 Å². The highest BCUT2D eigenvalue weighted by Gasteiger charge is 2.12. The Kier molecular flexibility index (Phi) is 4.56. The molecule has 2 heterocycles. The zero-order chi connectivity index (χ0) is 16.9. The van der Waals surface area contributed by atoms with E-state index in [1.807, 2.05) is 42.5 Å². The Bertz CT molecular complexity index is 835. The van der Waals surface area contributed by atoms with Gasteiger partial charge in [-0.2, -0.15) is 5.10 Å². The number of hydrogen-bond acceptors (Lipinski definition) is 3. The fourth-order valence-corrected chi connectivity index (χ4v) is 2.33. The average molecular weight is 322 g/mol. The predicted molar refractivity (Wildman–Crippen MR) is 92.0 cm³/mol. The lowest BCUT2D eigenvalue weighted by atomic mass is 10.1. The topological polar surface area (TPSA) is 75.5 Å². The first-order valence-electron chi connectivity index (χ1n) is 7.77. The molecule has 0 radical (unpaired) electrons. The van der Waals surface area contributed by atoms with Gasteiger partial charge in [-0.15, -0.1) is 0 Å². The molecule has 0 aliphatic heterocycles. The first kappa shape index (κ1) is 15.7. The fraction of sp³-hybridized carbons (Fsp3) is 0.167.